The monoisotopic (exact) mass is 253 g/mol. The lowest BCUT2D eigenvalue weighted by Gasteiger charge is -2.31. The molecule has 0 aromatic carbocycles. The Balaban J connectivity index is 1.80. The zero-order valence-electron chi connectivity index (χ0n) is 12.0. The number of likely N-dealkylation sites (N-methyl/N-ethyl adjacent to an activating group) is 1. The summed E-state index contributed by atoms with van der Waals surface area (Å²) in [6.07, 6.45) is 3.74. The van der Waals surface area contributed by atoms with Gasteiger partial charge in [0.05, 0.1) is 6.54 Å². The van der Waals surface area contributed by atoms with Crippen LogP contribution >= 0.6 is 0 Å². The lowest BCUT2D eigenvalue weighted by molar-refractivity contribution is -0.133. The number of nitrogens with zero attached hydrogens (tertiary/aromatic N) is 2. The second-order valence-corrected chi connectivity index (χ2v) is 6.61. The highest BCUT2D eigenvalue weighted by Crippen LogP contribution is 2.38. The third-order valence-corrected chi connectivity index (χ3v) is 4.42. The maximum absolute atomic E-state index is 12.2. The Morgan fingerprint density at radius 1 is 1.39 bits per heavy atom. The van der Waals surface area contributed by atoms with Crippen molar-refractivity contribution in [3.63, 3.8) is 0 Å². The van der Waals surface area contributed by atoms with Gasteiger partial charge in [0.1, 0.15) is 0 Å². The van der Waals surface area contributed by atoms with Crippen LogP contribution in [0.5, 0.6) is 0 Å². The van der Waals surface area contributed by atoms with Crippen molar-refractivity contribution in [2.75, 3.05) is 39.8 Å². The molecule has 104 valence electrons. The maximum atomic E-state index is 12.2. The van der Waals surface area contributed by atoms with Crippen molar-refractivity contribution in [2.45, 2.75) is 39.2 Å². The second-order valence-electron chi connectivity index (χ2n) is 6.61. The summed E-state index contributed by atoms with van der Waals surface area (Å²) in [5.74, 6) is 0.295. The SMILES string of the molecule is CN(CC(=O)N1CCNCC1)C1CCC(C)(C)C1. The van der Waals surface area contributed by atoms with E-state index in [0.717, 1.165) is 26.2 Å². The van der Waals surface area contributed by atoms with Crippen molar-refractivity contribution in [1.82, 2.24) is 15.1 Å². The summed E-state index contributed by atoms with van der Waals surface area (Å²) in [5.41, 5.74) is 0.455. The van der Waals surface area contributed by atoms with E-state index in [4.69, 9.17) is 0 Å². The number of carbonyl (C=O) groups excluding carboxylic acids is 1. The van der Waals surface area contributed by atoms with Crippen LogP contribution in [-0.4, -0.2) is 61.5 Å². The van der Waals surface area contributed by atoms with Crippen molar-refractivity contribution < 1.29 is 4.79 Å². The highest BCUT2D eigenvalue weighted by molar-refractivity contribution is 5.78. The van der Waals surface area contributed by atoms with Crippen LogP contribution in [-0.2, 0) is 4.79 Å². The van der Waals surface area contributed by atoms with Gasteiger partial charge in [0, 0.05) is 32.2 Å². The molecule has 18 heavy (non-hydrogen) atoms. The molecular formula is C14H27N3O. The van der Waals surface area contributed by atoms with E-state index in [9.17, 15) is 4.79 Å². The van der Waals surface area contributed by atoms with Gasteiger partial charge in [-0.1, -0.05) is 13.8 Å². The second kappa shape index (κ2) is 5.57. The number of piperazine rings is 1. The normalized spacial score (nSPS) is 27.8. The van der Waals surface area contributed by atoms with Gasteiger partial charge in [-0.15, -0.1) is 0 Å². The fraction of sp³-hybridized carbons (Fsp3) is 0.929. The van der Waals surface area contributed by atoms with Gasteiger partial charge in [0.25, 0.3) is 0 Å². The van der Waals surface area contributed by atoms with Gasteiger partial charge in [0.2, 0.25) is 5.91 Å². The fourth-order valence-electron chi connectivity index (χ4n) is 3.13. The molecule has 1 saturated heterocycles. The fourth-order valence-corrected chi connectivity index (χ4v) is 3.13. The first kappa shape index (κ1) is 13.8. The molecule has 0 radical (unpaired) electrons. The van der Waals surface area contributed by atoms with E-state index in [1.165, 1.54) is 19.3 Å². The minimum atomic E-state index is 0.295. The van der Waals surface area contributed by atoms with Crippen LogP contribution in [0.4, 0.5) is 0 Å². The van der Waals surface area contributed by atoms with E-state index in [-0.39, 0.29) is 0 Å². The molecule has 4 heteroatoms. The zero-order chi connectivity index (χ0) is 13.2. The first-order valence-corrected chi connectivity index (χ1v) is 7.17. The Hall–Kier alpha value is -0.610. The molecule has 1 N–H and O–H groups in total. The molecule has 1 amide bonds. The van der Waals surface area contributed by atoms with E-state index in [0.29, 0.717) is 23.9 Å². The standard InChI is InChI=1S/C14H27N3O/c1-14(2)5-4-12(10-14)16(3)11-13(18)17-8-6-15-7-9-17/h12,15H,4-11H2,1-3H3. The highest BCUT2D eigenvalue weighted by atomic mass is 16.2. The highest BCUT2D eigenvalue weighted by Gasteiger charge is 2.33. The number of rotatable bonds is 3. The molecule has 1 saturated carbocycles. The van der Waals surface area contributed by atoms with Crippen LogP contribution in [0.25, 0.3) is 0 Å². The average molecular weight is 253 g/mol. The molecule has 0 aromatic heterocycles. The Kier molecular flexibility index (Phi) is 4.28. The van der Waals surface area contributed by atoms with Crippen LogP contribution in [0.2, 0.25) is 0 Å². The van der Waals surface area contributed by atoms with Crippen LogP contribution in [0, 0.1) is 5.41 Å². The molecule has 1 aliphatic heterocycles. The third-order valence-electron chi connectivity index (χ3n) is 4.42. The maximum Gasteiger partial charge on any atom is 0.236 e. The lowest BCUT2D eigenvalue weighted by atomic mass is 9.91. The predicted molar refractivity (Wildman–Crippen MR) is 73.5 cm³/mol. The first-order chi connectivity index (χ1) is 8.48. The van der Waals surface area contributed by atoms with Crippen LogP contribution in [0.1, 0.15) is 33.1 Å². The number of amides is 1. The van der Waals surface area contributed by atoms with Gasteiger partial charge in [-0.25, -0.2) is 0 Å². The molecule has 2 aliphatic rings. The number of hydrogen-bond donors (Lipinski definition) is 1. The van der Waals surface area contributed by atoms with Crippen molar-refractivity contribution in [3.05, 3.63) is 0 Å². The third kappa shape index (κ3) is 3.45. The van der Waals surface area contributed by atoms with Crippen molar-refractivity contribution >= 4 is 5.91 Å². The number of carbonyl (C=O) groups is 1. The van der Waals surface area contributed by atoms with Crippen molar-refractivity contribution in [2.24, 2.45) is 5.41 Å². The molecule has 1 atom stereocenters. The van der Waals surface area contributed by atoms with E-state index >= 15 is 0 Å². The zero-order valence-corrected chi connectivity index (χ0v) is 12.0. The summed E-state index contributed by atoms with van der Waals surface area (Å²) < 4.78 is 0. The average Bonchev–Trinajstić information content (AvgIpc) is 2.71. The minimum absolute atomic E-state index is 0.295. The molecule has 1 unspecified atom stereocenters. The summed E-state index contributed by atoms with van der Waals surface area (Å²) in [6.45, 7) is 8.85. The summed E-state index contributed by atoms with van der Waals surface area (Å²) in [5, 5.41) is 3.28. The quantitative estimate of drug-likeness (QED) is 0.813. The lowest BCUT2D eigenvalue weighted by Crippen LogP contribution is -2.50. The van der Waals surface area contributed by atoms with E-state index in [1.54, 1.807) is 0 Å². The van der Waals surface area contributed by atoms with Gasteiger partial charge in [-0.3, -0.25) is 9.69 Å². The summed E-state index contributed by atoms with van der Waals surface area (Å²) in [7, 11) is 2.10. The Morgan fingerprint density at radius 2 is 2.06 bits per heavy atom. The molecule has 0 bridgehead atoms. The molecule has 0 spiro atoms. The van der Waals surface area contributed by atoms with Crippen LogP contribution in [0.3, 0.4) is 0 Å². The Morgan fingerprint density at radius 3 is 2.61 bits per heavy atom. The summed E-state index contributed by atoms with van der Waals surface area (Å²) in [4.78, 5) is 16.4. The summed E-state index contributed by atoms with van der Waals surface area (Å²) in [6, 6.07) is 0.590. The van der Waals surface area contributed by atoms with Crippen molar-refractivity contribution in [3.8, 4) is 0 Å². The smallest absolute Gasteiger partial charge is 0.236 e. The van der Waals surface area contributed by atoms with Gasteiger partial charge in [0.15, 0.2) is 0 Å². The molecule has 2 rings (SSSR count). The molecule has 2 fully saturated rings. The Labute approximate surface area is 111 Å². The van der Waals surface area contributed by atoms with E-state index in [2.05, 4.69) is 31.1 Å². The van der Waals surface area contributed by atoms with Crippen LogP contribution < -0.4 is 5.32 Å². The van der Waals surface area contributed by atoms with Gasteiger partial charge < -0.3 is 10.2 Å². The Bertz CT molecular complexity index is 297. The number of hydrogen-bond acceptors (Lipinski definition) is 3. The van der Waals surface area contributed by atoms with E-state index < -0.39 is 0 Å². The first-order valence-electron chi connectivity index (χ1n) is 7.17. The topological polar surface area (TPSA) is 35.6 Å². The van der Waals surface area contributed by atoms with Gasteiger partial charge in [-0.2, -0.15) is 0 Å². The predicted octanol–water partition coefficient (Wildman–Crippen LogP) is 0.929. The largest absolute Gasteiger partial charge is 0.339 e. The molecule has 0 aromatic rings. The molecule has 4 nitrogen and oxygen atoms in total. The van der Waals surface area contributed by atoms with Gasteiger partial charge >= 0.3 is 0 Å². The molecule has 1 aliphatic carbocycles. The van der Waals surface area contributed by atoms with E-state index in [1.807, 2.05) is 4.90 Å². The summed E-state index contributed by atoms with van der Waals surface area (Å²) >= 11 is 0. The van der Waals surface area contributed by atoms with Crippen molar-refractivity contribution in [1.29, 1.82) is 0 Å². The minimum Gasteiger partial charge on any atom is -0.339 e. The molecular weight excluding hydrogens is 226 g/mol. The van der Waals surface area contributed by atoms with Gasteiger partial charge in [-0.05, 0) is 31.7 Å². The number of nitrogens with one attached hydrogen (secondary N) is 1. The molecule has 1 heterocycles. The van der Waals surface area contributed by atoms with Crippen LogP contribution in [0.15, 0.2) is 0 Å².